The Morgan fingerprint density at radius 2 is 1.70 bits per heavy atom. The number of furan rings is 1. The Bertz CT molecular complexity index is 2240. The number of carbonyl (C=O) groups excluding carboxylic acids is 4. The van der Waals surface area contributed by atoms with Gasteiger partial charge >= 0.3 is 0 Å². The van der Waals surface area contributed by atoms with Crippen LogP contribution in [0.3, 0.4) is 0 Å². The van der Waals surface area contributed by atoms with Gasteiger partial charge in [0.25, 0.3) is 17.5 Å². The van der Waals surface area contributed by atoms with Gasteiger partial charge in [-0.2, -0.15) is 5.01 Å². The van der Waals surface area contributed by atoms with Crippen molar-refractivity contribution in [2.24, 2.45) is 23.7 Å². The SMILES string of the molecule is COc1ccc([C@@]23C(=O)N(Nc4ccc(Cl)cc4Cl)C(=O)[C@@H]2C[C@@H]2C(=CC[C@@H]4C(=O)N(c5ccc([N+](=O)[O-])cc5)C(=O)[C@@H]42)[C@@H]3c2ccc(CO)o2)cc1. The Morgan fingerprint density at radius 1 is 0.962 bits per heavy atom. The van der Waals surface area contributed by atoms with E-state index >= 15 is 4.79 Å². The maximum Gasteiger partial charge on any atom is 0.269 e. The number of imide groups is 2. The first-order valence-corrected chi connectivity index (χ1v) is 17.5. The molecular formula is C38H30Cl2N4O9. The summed E-state index contributed by atoms with van der Waals surface area (Å²) in [6.07, 6.45) is 2.04. The van der Waals surface area contributed by atoms with E-state index in [1.54, 1.807) is 48.5 Å². The number of amides is 4. The van der Waals surface area contributed by atoms with Crippen LogP contribution < -0.4 is 15.1 Å². The molecule has 1 saturated carbocycles. The molecule has 4 aromatic rings. The molecule has 8 rings (SSSR count). The zero-order chi connectivity index (χ0) is 37.3. The number of nitrogens with one attached hydrogen (secondary N) is 1. The van der Waals surface area contributed by atoms with Crippen LogP contribution in [0.2, 0.25) is 10.0 Å². The van der Waals surface area contributed by atoms with Gasteiger partial charge in [-0.15, -0.1) is 0 Å². The zero-order valence-corrected chi connectivity index (χ0v) is 29.4. The third kappa shape index (κ3) is 5.17. The van der Waals surface area contributed by atoms with E-state index < -0.39 is 70.2 Å². The van der Waals surface area contributed by atoms with Crippen molar-refractivity contribution < 1.29 is 38.4 Å². The molecule has 2 saturated heterocycles. The molecule has 3 fully saturated rings. The number of allylic oxidation sites excluding steroid dienone is 2. The number of aliphatic hydroxyl groups excluding tert-OH is 1. The maximum atomic E-state index is 15.2. The summed E-state index contributed by atoms with van der Waals surface area (Å²) < 4.78 is 11.6. The van der Waals surface area contributed by atoms with Crippen LogP contribution in [0.15, 0.2) is 94.9 Å². The predicted molar refractivity (Wildman–Crippen MR) is 191 cm³/mol. The maximum absolute atomic E-state index is 15.2. The van der Waals surface area contributed by atoms with Crippen molar-refractivity contribution in [2.45, 2.75) is 30.8 Å². The molecule has 4 aliphatic rings. The summed E-state index contributed by atoms with van der Waals surface area (Å²) in [5, 5.41) is 22.8. The standard InChI is InChI=1S/C38H30Cl2N4O9/c1-52-23-9-2-19(3-10-23)38-28(35(47)43(37(38)49)41-30-14-4-20(39)16-29(30)40)17-27-25(33(38)31-15-11-24(18-45)53-31)12-13-26-32(27)36(48)42(34(26)46)21-5-7-22(8-6-21)44(50)51/h2-12,14-16,26-28,32-33,41,45H,13,17-18H2,1H3/t26-,27+,28-,32-,33+,38+/m0/s1. The molecule has 270 valence electrons. The summed E-state index contributed by atoms with van der Waals surface area (Å²) in [4.78, 5) is 70.2. The normalized spacial score (nSPS) is 26.3. The van der Waals surface area contributed by atoms with E-state index in [2.05, 4.69) is 5.43 Å². The minimum Gasteiger partial charge on any atom is -0.497 e. The monoisotopic (exact) mass is 756 g/mol. The van der Waals surface area contributed by atoms with E-state index in [1.165, 1.54) is 37.4 Å². The summed E-state index contributed by atoms with van der Waals surface area (Å²) in [6, 6.07) is 19.9. The molecule has 13 nitrogen and oxygen atoms in total. The highest BCUT2D eigenvalue weighted by molar-refractivity contribution is 6.36. The smallest absolute Gasteiger partial charge is 0.269 e. The second-order valence-corrected chi connectivity index (χ2v) is 14.3. The fourth-order valence-corrected chi connectivity index (χ4v) is 9.22. The first-order chi connectivity index (χ1) is 25.5. The number of benzene rings is 3. The molecule has 1 aromatic heterocycles. The van der Waals surface area contributed by atoms with Crippen molar-refractivity contribution in [3.05, 3.63) is 128 Å². The van der Waals surface area contributed by atoms with Gasteiger partial charge in [-0.3, -0.25) is 39.6 Å². The number of methoxy groups -OCH3 is 1. The highest BCUT2D eigenvalue weighted by Crippen LogP contribution is 2.64. The van der Waals surface area contributed by atoms with E-state index in [0.717, 1.165) is 9.91 Å². The number of aliphatic hydroxyl groups is 1. The molecule has 6 atom stereocenters. The average Bonchev–Trinajstić information content (AvgIpc) is 3.80. The van der Waals surface area contributed by atoms with Gasteiger partial charge in [0.2, 0.25) is 11.8 Å². The number of carbonyl (C=O) groups is 4. The van der Waals surface area contributed by atoms with Gasteiger partial charge in [0.05, 0.1) is 52.1 Å². The second-order valence-electron chi connectivity index (χ2n) is 13.5. The fraction of sp³-hybridized carbons (Fsp3) is 0.263. The molecule has 3 aromatic carbocycles. The van der Waals surface area contributed by atoms with Crippen molar-refractivity contribution in [2.75, 3.05) is 17.4 Å². The number of hydrogen-bond acceptors (Lipinski definition) is 10. The van der Waals surface area contributed by atoms with E-state index in [1.807, 2.05) is 6.08 Å². The lowest BCUT2D eigenvalue weighted by Gasteiger charge is -2.49. The van der Waals surface area contributed by atoms with E-state index in [9.17, 15) is 29.6 Å². The molecule has 4 amide bonds. The second kappa shape index (κ2) is 12.9. The van der Waals surface area contributed by atoms with Gasteiger partial charge in [0, 0.05) is 17.2 Å². The first-order valence-electron chi connectivity index (χ1n) is 16.8. The Hall–Kier alpha value is -5.50. The molecule has 0 bridgehead atoms. The van der Waals surface area contributed by atoms with Crippen LogP contribution >= 0.6 is 23.2 Å². The summed E-state index contributed by atoms with van der Waals surface area (Å²) in [7, 11) is 1.51. The van der Waals surface area contributed by atoms with Gasteiger partial charge < -0.3 is 14.3 Å². The van der Waals surface area contributed by atoms with Crippen molar-refractivity contribution >= 4 is 63.9 Å². The number of fused-ring (bicyclic) bond motifs is 4. The van der Waals surface area contributed by atoms with E-state index in [0.29, 0.717) is 27.7 Å². The molecule has 0 unspecified atom stereocenters. The van der Waals surface area contributed by atoms with Gasteiger partial charge in [0.1, 0.15) is 29.3 Å². The summed E-state index contributed by atoms with van der Waals surface area (Å²) in [6.45, 7) is -0.425. The van der Waals surface area contributed by atoms with Crippen molar-refractivity contribution in [1.82, 2.24) is 5.01 Å². The molecule has 2 aliphatic heterocycles. The van der Waals surface area contributed by atoms with Gasteiger partial charge in [-0.05, 0) is 78.9 Å². The predicted octanol–water partition coefficient (Wildman–Crippen LogP) is 6.19. The third-order valence-corrected chi connectivity index (χ3v) is 11.6. The van der Waals surface area contributed by atoms with E-state index in [-0.39, 0.29) is 40.7 Å². The number of hydrogen-bond donors (Lipinski definition) is 2. The highest BCUT2D eigenvalue weighted by Gasteiger charge is 2.71. The lowest BCUT2D eigenvalue weighted by atomic mass is 9.50. The van der Waals surface area contributed by atoms with Crippen LogP contribution in [0.1, 0.15) is 35.8 Å². The minimum absolute atomic E-state index is 0.0212. The number of rotatable bonds is 8. The Labute approximate surface area is 311 Å². The van der Waals surface area contributed by atoms with Crippen molar-refractivity contribution in [3.8, 4) is 5.75 Å². The Kier molecular flexibility index (Phi) is 8.39. The summed E-state index contributed by atoms with van der Waals surface area (Å²) in [5.74, 6) is -5.50. The fourth-order valence-electron chi connectivity index (χ4n) is 8.76. The lowest BCUT2D eigenvalue weighted by Crippen LogP contribution is -2.53. The van der Waals surface area contributed by atoms with E-state index in [4.69, 9.17) is 32.4 Å². The van der Waals surface area contributed by atoms with Crippen molar-refractivity contribution in [1.29, 1.82) is 0 Å². The summed E-state index contributed by atoms with van der Waals surface area (Å²) >= 11 is 12.6. The number of non-ortho nitro benzene ring substituents is 1. The number of ether oxygens (including phenoxy) is 1. The zero-order valence-electron chi connectivity index (χ0n) is 27.9. The topological polar surface area (TPSA) is 173 Å². The van der Waals surface area contributed by atoms with Crippen LogP contribution in [0.5, 0.6) is 5.75 Å². The van der Waals surface area contributed by atoms with Crippen LogP contribution in [-0.4, -0.2) is 45.8 Å². The van der Waals surface area contributed by atoms with Gasteiger partial charge in [-0.25, -0.2) is 0 Å². The minimum atomic E-state index is -1.63. The molecule has 0 spiro atoms. The molecule has 53 heavy (non-hydrogen) atoms. The highest BCUT2D eigenvalue weighted by atomic mass is 35.5. The van der Waals surface area contributed by atoms with Crippen LogP contribution in [0.25, 0.3) is 0 Å². The number of nitro benzene ring substituents is 1. The lowest BCUT2D eigenvalue weighted by molar-refractivity contribution is -0.384. The Morgan fingerprint density at radius 3 is 2.34 bits per heavy atom. The summed E-state index contributed by atoms with van der Waals surface area (Å²) in [5.41, 5.74) is 2.71. The van der Waals surface area contributed by atoms with Crippen molar-refractivity contribution in [3.63, 3.8) is 0 Å². The molecule has 0 radical (unpaired) electrons. The van der Waals surface area contributed by atoms with Crippen LogP contribution in [0, 0.1) is 33.8 Å². The first kappa shape index (κ1) is 34.6. The molecule has 15 heteroatoms. The number of nitrogens with zero attached hydrogens (tertiary/aromatic N) is 3. The molecule has 3 heterocycles. The third-order valence-electron chi connectivity index (χ3n) is 11.0. The van der Waals surface area contributed by atoms with Crippen LogP contribution in [0.4, 0.5) is 17.1 Å². The molecule has 2 N–H and O–H groups in total. The quantitative estimate of drug-likeness (QED) is 0.0915. The molecular weight excluding hydrogens is 727 g/mol. The van der Waals surface area contributed by atoms with Crippen LogP contribution in [-0.2, 0) is 31.2 Å². The molecule has 2 aliphatic carbocycles. The average molecular weight is 758 g/mol. The number of nitro groups is 1. The van der Waals surface area contributed by atoms with Gasteiger partial charge in [0.15, 0.2) is 0 Å². The largest absolute Gasteiger partial charge is 0.497 e. The van der Waals surface area contributed by atoms with Gasteiger partial charge in [-0.1, -0.05) is 47.0 Å². The number of halogens is 2. The Balaban J connectivity index is 1.29. The number of hydrazine groups is 1. The number of anilines is 2.